The van der Waals surface area contributed by atoms with Crippen LogP contribution in [0.5, 0.6) is 0 Å². The molecule has 0 spiro atoms. The Kier molecular flexibility index (Phi) is 2.50. The van der Waals surface area contributed by atoms with E-state index < -0.39 is 5.97 Å². The second-order valence-corrected chi connectivity index (χ2v) is 5.45. The lowest BCUT2D eigenvalue weighted by atomic mass is 10.1. The molecule has 3 aromatic heterocycles. The standard InChI is InChI=1S/C13H13N3O2S/c1-6-4-8-15-7(2)5-16(8)12-9(6)10(14)11(19-12)13(17)18-3/h4-5H,14H2,1-3H3. The Hall–Kier alpha value is -2.08. The van der Waals surface area contributed by atoms with Crippen molar-refractivity contribution in [3.8, 4) is 0 Å². The van der Waals surface area contributed by atoms with Crippen LogP contribution in [-0.4, -0.2) is 22.5 Å². The number of aromatic nitrogens is 2. The minimum Gasteiger partial charge on any atom is -0.465 e. The van der Waals surface area contributed by atoms with Crippen LogP contribution in [0.25, 0.3) is 15.9 Å². The molecule has 0 unspecified atom stereocenters. The maximum absolute atomic E-state index is 11.7. The number of methoxy groups -OCH3 is 1. The van der Waals surface area contributed by atoms with Crippen molar-refractivity contribution >= 4 is 38.9 Å². The van der Waals surface area contributed by atoms with Crippen molar-refractivity contribution in [3.05, 3.63) is 28.4 Å². The molecule has 0 aliphatic heterocycles. The smallest absolute Gasteiger partial charge is 0.350 e. The fraction of sp³-hybridized carbons (Fsp3) is 0.231. The third kappa shape index (κ3) is 1.60. The van der Waals surface area contributed by atoms with Gasteiger partial charge in [-0.15, -0.1) is 11.3 Å². The molecular weight excluding hydrogens is 262 g/mol. The molecule has 98 valence electrons. The van der Waals surface area contributed by atoms with Gasteiger partial charge in [-0.05, 0) is 25.5 Å². The number of nitrogens with zero attached hydrogens (tertiary/aromatic N) is 2. The Balaban J connectivity index is 2.47. The summed E-state index contributed by atoms with van der Waals surface area (Å²) >= 11 is 1.34. The first kappa shape index (κ1) is 12.0. The van der Waals surface area contributed by atoms with E-state index >= 15 is 0 Å². The van der Waals surface area contributed by atoms with Gasteiger partial charge in [-0.25, -0.2) is 9.78 Å². The molecule has 0 radical (unpaired) electrons. The lowest BCUT2D eigenvalue weighted by Crippen LogP contribution is -2.01. The monoisotopic (exact) mass is 275 g/mol. The van der Waals surface area contributed by atoms with E-state index in [-0.39, 0.29) is 0 Å². The van der Waals surface area contributed by atoms with Gasteiger partial charge in [0.25, 0.3) is 0 Å². The minimum atomic E-state index is -0.400. The maximum atomic E-state index is 11.7. The van der Waals surface area contributed by atoms with Gasteiger partial charge in [0, 0.05) is 11.6 Å². The number of fused-ring (bicyclic) bond motifs is 3. The topological polar surface area (TPSA) is 69.6 Å². The fourth-order valence-electron chi connectivity index (χ4n) is 2.27. The quantitative estimate of drug-likeness (QED) is 0.693. The zero-order valence-corrected chi connectivity index (χ0v) is 11.7. The Morgan fingerprint density at radius 3 is 2.89 bits per heavy atom. The van der Waals surface area contributed by atoms with Crippen LogP contribution in [0.1, 0.15) is 20.9 Å². The highest BCUT2D eigenvalue weighted by Crippen LogP contribution is 2.36. The minimum absolute atomic E-state index is 0.400. The molecule has 0 saturated heterocycles. The number of aryl methyl sites for hydroxylation is 2. The molecule has 0 atom stereocenters. The molecule has 0 aliphatic carbocycles. The lowest BCUT2D eigenvalue weighted by molar-refractivity contribution is 0.0607. The molecule has 0 aromatic carbocycles. The highest BCUT2D eigenvalue weighted by atomic mass is 32.1. The number of hydrogen-bond donors (Lipinski definition) is 1. The van der Waals surface area contributed by atoms with E-state index in [0.29, 0.717) is 10.6 Å². The molecule has 0 aliphatic rings. The SMILES string of the molecule is COC(=O)c1sc2c(c(C)cc3nc(C)cn32)c1N. The van der Waals surface area contributed by atoms with E-state index in [4.69, 9.17) is 10.5 Å². The molecule has 3 aromatic rings. The summed E-state index contributed by atoms with van der Waals surface area (Å²) in [6.45, 7) is 3.91. The number of thiophene rings is 1. The Bertz CT molecular complexity index is 816. The molecule has 0 amide bonds. The Morgan fingerprint density at radius 1 is 1.47 bits per heavy atom. The van der Waals surface area contributed by atoms with Crippen LogP contribution in [0.15, 0.2) is 12.3 Å². The summed E-state index contributed by atoms with van der Waals surface area (Å²) in [5.74, 6) is -0.400. The molecule has 19 heavy (non-hydrogen) atoms. The van der Waals surface area contributed by atoms with Gasteiger partial charge in [0.1, 0.15) is 15.4 Å². The summed E-state index contributed by atoms with van der Waals surface area (Å²) in [5, 5.41) is 0.898. The van der Waals surface area contributed by atoms with Crippen molar-refractivity contribution < 1.29 is 9.53 Å². The summed E-state index contributed by atoms with van der Waals surface area (Å²) < 4.78 is 6.73. The number of esters is 1. The molecule has 6 heteroatoms. The van der Waals surface area contributed by atoms with Gasteiger partial charge in [-0.2, -0.15) is 0 Å². The van der Waals surface area contributed by atoms with Gasteiger partial charge in [0.05, 0.1) is 18.5 Å². The first-order chi connectivity index (χ1) is 9.02. The predicted octanol–water partition coefficient (Wildman–Crippen LogP) is 2.53. The average Bonchev–Trinajstić information content (AvgIpc) is 2.89. The van der Waals surface area contributed by atoms with E-state index in [9.17, 15) is 4.79 Å². The van der Waals surface area contributed by atoms with Crippen LogP contribution >= 0.6 is 11.3 Å². The number of anilines is 1. The zero-order chi connectivity index (χ0) is 13.7. The number of ether oxygens (including phenoxy) is 1. The molecule has 0 fully saturated rings. The Labute approximate surface area is 113 Å². The van der Waals surface area contributed by atoms with Crippen LogP contribution in [0, 0.1) is 13.8 Å². The van der Waals surface area contributed by atoms with Crippen LogP contribution in [0.4, 0.5) is 5.69 Å². The van der Waals surface area contributed by atoms with Gasteiger partial charge < -0.3 is 10.5 Å². The highest BCUT2D eigenvalue weighted by molar-refractivity contribution is 7.21. The molecular formula is C13H13N3O2S. The predicted molar refractivity (Wildman–Crippen MR) is 75.8 cm³/mol. The van der Waals surface area contributed by atoms with Crippen LogP contribution in [-0.2, 0) is 4.74 Å². The summed E-state index contributed by atoms with van der Waals surface area (Å²) in [4.78, 5) is 17.5. The number of imidazole rings is 1. The number of rotatable bonds is 1. The van der Waals surface area contributed by atoms with Crippen molar-refractivity contribution in [2.75, 3.05) is 12.8 Å². The summed E-state index contributed by atoms with van der Waals surface area (Å²) in [5.41, 5.74) is 9.38. The number of hydrogen-bond acceptors (Lipinski definition) is 5. The van der Waals surface area contributed by atoms with Gasteiger partial charge in [0.15, 0.2) is 0 Å². The average molecular weight is 275 g/mol. The van der Waals surface area contributed by atoms with Crippen molar-refractivity contribution in [3.63, 3.8) is 0 Å². The lowest BCUT2D eigenvalue weighted by Gasteiger charge is -2.01. The van der Waals surface area contributed by atoms with E-state index in [1.54, 1.807) is 0 Å². The third-order valence-corrected chi connectivity index (χ3v) is 4.29. The maximum Gasteiger partial charge on any atom is 0.350 e. The van der Waals surface area contributed by atoms with Crippen LogP contribution < -0.4 is 5.73 Å². The van der Waals surface area contributed by atoms with Crippen LogP contribution in [0.2, 0.25) is 0 Å². The zero-order valence-electron chi connectivity index (χ0n) is 10.9. The van der Waals surface area contributed by atoms with E-state index in [1.807, 2.05) is 30.5 Å². The molecule has 0 bridgehead atoms. The largest absolute Gasteiger partial charge is 0.465 e. The van der Waals surface area contributed by atoms with E-state index in [1.165, 1.54) is 18.4 Å². The van der Waals surface area contributed by atoms with Crippen molar-refractivity contribution in [2.24, 2.45) is 0 Å². The number of pyridine rings is 1. The van der Waals surface area contributed by atoms with Gasteiger partial charge in [0.2, 0.25) is 0 Å². The summed E-state index contributed by atoms with van der Waals surface area (Å²) in [6.07, 6.45) is 1.94. The van der Waals surface area contributed by atoms with Gasteiger partial charge in [-0.3, -0.25) is 4.40 Å². The second-order valence-electron chi connectivity index (χ2n) is 4.45. The molecule has 3 rings (SSSR count). The number of nitrogens with two attached hydrogens (primary N) is 1. The molecule has 2 N–H and O–H groups in total. The van der Waals surface area contributed by atoms with Crippen molar-refractivity contribution in [2.45, 2.75) is 13.8 Å². The van der Waals surface area contributed by atoms with Crippen molar-refractivity contribution in [1.29, 1.82) is 0 Å². The molecule has 3 heterocycles. The second kappa shape index (κ2) is 3.96. The summed E-state index contributed by atoms with van der Waals surface area (Å²) in [7, 11) is 1.36. The van der Waals surface area contributed by atoms with Gasteiger partial charge in [-0.1, -0.05) is 0 Å². The molecule has 5 nitrogen and oxygen atoms in total. The first-order valence-corrected chi connectivity index (χ1v) is 6.60. The third-order valence-electron chi connectivity index (χ3n) is 3.11. The van der Waals surface area contributed by atoms with E-state index in [2.05, 4.69) is 4.98 Å². The fourth-order valence-corrected chi connectivity index (χ4v) is 3.46. The normalized spacial score (nSPS) is 11.3. The summed E-state index contributed by atoms with van der Waals surface area (Å²) in [6, 6.07) is 1.97. The first-order valence-electron chi connectivity index (χ1n) is 5.78. The highest BCUT2D eigenvalue weighted by Gasteiger charge is 2.20. The van der Waals surface area contributed by atoms with Crippen molar-refractivity contribution in [1.82, 2.24) is 9.38 Å². The number of carbonyl (C=O) groups excluding carboxylic acids is 1. The number of nitrogen functional groups attached to an aromatic ring is 1. The Morgan fingerprint density at radius 2 is 2.21 bits per heavy atom. The van der Waals surface area contributed by atoms with E-state index in [0.717, 1.165) is 27.1 Å². The van der Waals surface area contributed by atoms with Crippen LogP contribution in [0.3, 0.4) is 0 Å². The number of carbonyl (C=O) groups is 1. The van der Waals surface area contributed by atoms with Gasteiger partial charge >= 0.3 is 5.97 Å². The molecule has 0 saturated carbocycles.